The Morgan fingerprint density at radius 2 is 1.94 bits per heavy atom. The third-order valence-electron chi connectivity index (χ3n) is 4.93. The fourth-order valence-electron chi connectivity index (χ4n) is 3.53. The van der Waals surface area contributed by atoms with Gasteiger partial charge in [-0.3, -0.25) is 4.98 Å². The van der Waals surface area contributed by atoms with Crippen molar-refractivity contribution in [3.05, 3.63) is 64.6 Å². The summed E-state index contributed by atoms with van der Waals surface area (Å²) in [6.07, 6.45) is -2.96. The topological polar surface area (TPSA) is 34.1 Å². The fourth-order valence-corrected chi connectivity index (χ4v) is 4.49. The molecule has 0 aliphatic rings. The second-order valence-corrected chi connectivity index (χ2v) is 8.41. The summed E-state index contributed by atoms with van der Waals surface area (Å²) < 4.78 is 62.0. The Morgan fingerprint density at radius 3 is 2.58 bits per heavy atom. The average molecular weight is 473 g/mol. The quantitative estimate of drug-likeness (QED) is 0.374. The van der Waals surface area contributed by atoms with Crippen molar-refractivity contribution in [1.29, 1.82) is 0 Å². The molecule has 1 heterocycles. The highest BCUT2D eigenvalue weighted by atomic mass is 35.5. The molecule has 0 saturated carbocycles. The molecule has 0 radical (unpaired) electrons. The molecule has 166 valence electrons. The van der Waals surface area contributed by atoms with E-state index in [1.807, 2.05) is 6.92 Å². The first-order valence-electron chi connectivity index (χ1n) is 9.37. The Balaban J connectivity index is 2.21. The van der Waals surface area contributed by atoms with Crippen LogP contribution < -0.4 is 10.1 Å². The number of ether oxygens (including phenoxy) is 1. The van der Waals surface area contributed by atoms with Gasteiger partial charge in [0.05, 0.1) is 24.6 Å². The molecule has 0 aliphatic heterocycles. The summed E-state index contributed by atoms with van der Waals surface area (Å²) in [5.41, 5.74) is 1.88. The molecule has 0 aliphatic carbocycles. The summed E-state index contributed by atoms with van der Waals surface area (Å²) in [6.45, 7) is 1.83. The highest BCUT2D eigenvalue weighted by molar-refractivity contribution is 7.98. The van der Waals surface area contributed by atoms with Crippen LogP contribution in [0.4, 0.5) is 23.2 Å². The van der Waals surface area contributed by atoms with E-state index in [1.165, 1.54) is 13.2 Å². The van der Waals surface area contributed by atoms with E-state index in [1.54, 1.807) is 36.6 Å². The minimum Gasteiger partial charge on any atom is -0.493 e. The third kappa shape index (κ3) is 5.18. The summed E-state index contributed by atoms with van der Waals surface area (Å²) in [5, 5.41) is 3.64. The van der Waals surface area contributed by atoms with Crippen LogP contribution >= 0.6 is 23.4 Å². The van der Waals surface area contributed by atoms with Gasteiger partial charge in [-0.15, -0.1) is 0 Å². The molecule has 0 amide bonds. The first-order valence-corrected chi connectivity index (χ1v) is 11.1. The lowest BCUT2D eigenvalue weighted by Crippen LogP contribution is -2.35. The van der Waals surface area contributed by atoms with Gasteiger partial charge in [-0.2, -0.15) is 24.9 Å². The number of fused-ring (bicyclic) bond motifs is 1. The van der Waals surface area contributed by atoms with Gasteiger partial charge in [0, 0.05) is 33.1 Å². The van der Waals surface area contributed by atoms with Gasteiger partial charge >= 0.3 is 6.18 Å². The number of anilines is 1. The number of benzene rings is 2. The molecular weight excluding hydrogens is 452 g/mol. The number of aromatic nitrogens is 1. The van der Waals surface area contributed by atoms with E-state index in [9.17, 15) is 17.6 Å². The van der Waals surface area contributed by atoms with Crippen LogP contribution in [0.5, 0.6) is 5.75 Å². The van der Waals surface area contributed by atoms with Crippen molar-refractivity contribution in [2.75, 3.05) is 24.4 Å². The number of rotatable bonds is 7. The molecule has 0 spiro atoms. The minimum absolute atomic E-state index is 0.000879. The highest BCUT2D eigenvalue weighted by Crippen LogP contribution is 2.44. The van der Waals surface area contributed by atoms with Crippen LogP contribution in [0.25, 0.3) is 10.9 Å². The number of thioether (sulfide) groups is 1. The molecule has 3 rings (SSSR count). The molecule has 2 unspecified atom stereocenters. The molecule has 0 saturated heterocycles. The second-order valence-electron chi connectivity index (χ2n) is 7.06. The normalized spacial score (nSPS) is 13.8. The molecule has 0 bridgehead atoms. The first-order chi connectivity index (χ1) is 14.7. The Bertz CT molecular complexity index is 1080. The lowest BCUT2D eigenvalue weighted by molar-refractivity contribution is -0.172. The molecule has 2 aromatic carbocycles. The van der Waals surface area contributed by atoms with Crippen molar-refractivity contribution < 1.29 is 22.3 Å². The number of nitrogens with zero attached hydrogens (tertiary/aromatic N) is 1. The van der Waals surface area contributed by atoms with E-state index in [2.05, 4.69) is 10.3 Å². The Morgan fingerprint density at radius 1 is 1.19 bits per heavy atom. The zero-order valence-electron chi connectivity index (χ0n) is 17.1. The number of alkyl halides is 3. The maximum Gasteiger partial charge on any atom is 0.394 e. The van der Waals surface area contributed by atoms with E-state index >= 15 is 0 Å². The number of nitrogens with one attached hydrogen (secondary N) is 1. The zero-order valence-corrected chi connectivity index (χ0v) is 18.6. The summed E-state index contributed by atoms with van der Waals surface area (Å²) in [6, 6.07) is 9.73. The van der Waals surface area contributed by atoms with Crippen molar-refractivity contribution >= 4 is 40.0 Å². The monoisotopic (exact) mass is 472 g/mol. The standard InChI is InChI=1S/C22H21ClF4N2OS/c1-12-7-8-14-18(28-12)5-4-6-19(14)29-20(16(11-31-3)22(25,26)27)15-9-13(23)10-17(24)21(15)30-2/h4-10,16,20,29H,11H2,1-3H3. The maximum atomic E-state index is 14.5. The van der Waals surface area contributed by atoms with Gasteiger partial charge in [0.1, 0.15) is 0 Å². The largest absolute Gasteiger partial charge is 0.493 e. The summed E-state index contributed by atoms with van der Waals surface area (Å²) in [4.78, 5) is 4.44. The SMILES string of the molecule is COc1c(F)cc(Cl)cc1C(Nc1cccc2nc(C)ccc12)C(CSC)C(F)(F)F. The van der Waals surface area contributed by atoms with Gasteiger partial charge in [-0.1, -0.05) is 17.7 Å². The molecule has 0 fully saturated rings. The summed E-state index contributed by atoms with van der Waals surface area (Å²) >= 11 is 7.07. The van der Waals surface area contributed by atoms with E-state index in [0.717, 1.165) is 23.5 Å². The van der Waals surface area contributed by atoms with E-state index < -0.39 is 24.0 Å². The molecule has 3 nitrogen and oxygen atoms in total. The van der Waals surface area contributed by atoms with Gasteiger partial charge in [0.25, 0.3) is 0 Å². The second kappa shape index (κ2) is 9.53. The van der Waals surface area contributed by atoms with E-state index in [4.69, 9.17) is 16.3 Å². The Labute approximate surface area is 187 Å². The number of aryl methyl sites for hydroxylation is 1. The van der Waals surface area contributed by atoms with Crippen molar-refractivity contribution in [2.45, 2.75) is 19.1 Å². The number of hydrogen-bond donors (Lipinski definition) is 1. The van der Waals surface area contributed by atoms with Crippen LogP contribution in [0.15, 0.2) is 42.5 Å². The van der Waals surface area contributed by atoms with Crippen LogP contribution in [-0.2, 0) is 0 Å². The van der Waals surface area contributed by atoms with Crippen LogP contribution in [0.3, 0.4) is 0 Å². The van der Waals surface area contributed by atoms with Gasteiger partial charge in [0.2, 0.25) is 0 Å². The van der Waals surface area contributed by atoms with Crippen LogP contribution in [0.1, 0.15) is 17.3 Å². The lowest BCUT2D eigenvalue weighted by atomic mass is 9.92. The predicted molar refractivity (Wildman–Crippen MR) is 119 cm³/mol. The van der Waals surface area contributed by atoms with E-state index in [-0.39, 0.29) is 22.1 Å². The number of methoxy groups -OCH3 is 1. The summed E-state index contributed by atoms with van der Waals surface area (Å²) in [7, 11) is 1.22. The summed E-state index contributed by atoms with van der Waals surface area (Å²) in [5.74, 6) is -3.16. The van der Waals surface area contributed by atoms with Gasteiger partial charge in [-0.05, 0) is 49.6 Å². The molecule has 31 heavy (non-hydrogen) atoms. The Kier molecular flexibility index (Phi) is 7.21. The first kappa shape index (κ1) is 23.5. The number of halogens is 5. The highest BCUT2D eigenvalue weighted by Gasteiger charge is 2.46. The lowest BCUT2D eigenvalue weighted by Gasteiger charge is -2.32. The number of pyridine rings is 1. The molecule has 2 atom stereocenters. The average Bonchev–Trinajstić information content (AvgIpc) is 2.69. The van der Waals surface area contributed by atoms with Crippen molar-refractivity contribution in [3.8, 4) is 5.75 Å². The third-order valence-corrected chi connectivity index (χ3v) is 5.84. The maximum absolute atomic E-state index is 14.5. The van der Waals surface area contributed by atoms with Crippen LogP contribution in [0, 0.1) is 18.7 Å². The molecule has 1 N–H and O–H groups in total. The minimum atomic E-state index is -4.55. The number of hydrogen-bond acceptors (Lipinski definition) is 4. The smallest absolute Gasteiger partial charge is 0.394 e. The fraction of sp³-hybridized carbons (Fsp3) is 0.318. The van der Waals surface area contributed by atoms with Crippen LogP contribution in [-0.4, -0.2) is 30.3 Å². The van der Waals surface area contributed by atoms with Crippen molar-refractivity contribution in [1.82, 2.24) is 4.98 Å². The van der Waals surface area contributed by atoms with Crippen molar-refractivity contribution in [3.63, 3.8) is 0 Å². The van der Waals surface area contributed by atoms with Gasteiger partial charge in [0.15, 0.2) is 11.6 Å². The van der Waals surface area contributed by atoms with E-state index in [0.29, 0.717) is 16.6 Å². The molecule has 9 heteroatoms. The Hall–Kier alpha value is -2.19. The molecular formula is C22H21ClF4N2OS. The van der Waals surface area contributed by atoms with Crippen molar-refractivity contribution in [2.24, 2.45) is 5.92 Å². The van der Waals surface area contributed by atoms with Crippen LogP contribution in [0.2, 0.25) is 5.02 Å². The predicted octanol–water partition coefficient (Wildman–Crippen LogP) is 7.04. The molecule has 3 aromatic rings. The zero-order chi connectivity index (χ0) is 22.8. The molecule has 1 aromatic heterocycles. The van der Waals surface area contributed by atoms with Gasteiger partial charge in [-0.25, -0.2) is 4.39 Å². The van der Waals surface area contributed by atoms with Gasteiger partial charge < -0.3 is 10.1 Å².